The molecule has 1 aliphatic rings. The van der Waals surface area contributed by atoms with Gasteiger partial charge in [0.1, 0.15) is 23.5 Å². The van der Waals surface area contributed by atoms with Gasteiger partial charge in [0.2, 0.25) is 10.0 Å². The van der Waals surface area contributed by atoms with E-state index in [-0.39, 0.29) is 18.6 Å². The van der Waals surface area contributed by atoms with Crippen LogP contribution >= 0.6 is 0 Å². The SMILES string of the molecule is Cc1cc(OC2CCN(S(=O)(=O)c3c(F)cccc3F)C2)cc(=O)n1C. The van der Waals surface area contributed by atoms with Crippen molar-refractivity contribution in [2.75, 3.05) is 13.1 Å². The highest BCUT2D eigenvalue weighted by Gasteiger charge is 2.37. The molecule has 0 aliphatic carbocycles. The van der Waals surface area contributed by atoms with Crippen molar-refractivity contribution in [2.24, 2.45) is 7.05 Å². The predicted octanol–water partition coefficient (Wildman–Crippen LogP) is 1.81. The lowest BCUT2D eigenvalue weighted by atomic mass is 10.3. The first-order chi connectivity index (χ1) is 12.2. The first kappa shape index (κ1) is 18.5. The van der Waals surface area contributed by atoms with Crippen LogP contribution in [0.2, 0.25) is 0 Å². The second-order valence-electron chi connectivity index (χ2n) is 6.17. The molecule has 1 atom stereocenters. The zero-order valence-electron chi connectivity index (χ0n) is 14.3. The van der Waals surface area contributed by atoms with Crippen molar-refractivity contribution in [3.8, 4) is 5.75 Å². The van der Waals surface area contributed by atoms with Gasteiger partial charge in [0.05, 0.1) is 6.54 Å². The average Bonchev–Trinajstić information content (AvgIpc) is 3.01. The molecule has 0 spiro atoms. The molecular weight excluding hydrogens is 366 g/mol. The number of halogens is 2. The van der Waals surface area contributed by atoms with Crippen LogP contribution in [0.25, 0.3) is 0 Å². The maximum absolute atomic E-state index is 13.9. The Morgan fingerprint density at radius 3 is 2.46 bits per heavy atom. The first-order valence-corrected chi connectivity index (χ1v) is 9.42. The summed E-state index contributed by atoms with van der Waals surface area (Å²) >= 11 is 0. The van der Waals surface area contributed by atoms with E-state index in [1.54, 1.807) is 20.0 Å². The molecule has 2 heterocycles. The van der Waals surface area contributed by atoms with Crippen LogP contribution in [-0.4, -0.2) is 36.5 Å². The summed E-state index contributed by atoms with van der Waals surface area (Å²) in [6.07, 6.45) is -0.157. The van der Waals surface area contributed by atoms with Crippen molar-refractivity contribution in [3.63, 3.8) is 0 Å². The highest BCUT2D eigenvalue weighted by atomic mass is 32.2. The number of hydrogen-bond donors (Lipinski definition) is 0. The quantitative estimate of drug-likeness (QED) is 0.806. The molecule has 9 heteroatoms. The highest BCUT2D eigenvalue weighted by molar-refractivity contribution is 7.89. The summed E-state index contributed by atoms with van der Waals surface area (Å²) in [5.74, 6) is -1.92. The molecule has 0 N–H and O–H groups in total. The van der Waals surface area contributed by atoms with E-state index in [9.17, 15) is 22.0 Å². The van der Waals surface area contributed by atoms with Crippen LogP contribution in [0.15, 0.2) is 40.0 Å². The Morgan fingerprint density at radius 1 is 1.19 bits per heavy atom. The molecule has 1 fully saturated rings. The Morgan fingerprint density at radius 2 is 1.85 bits per heavy atom. The largest absolute Gasteiger partial charge is 0.489 e. The van der Waals surface area contributed by atoms with Gasteiger partial charge in [0, 0.05) is 25.4 Å². The van der Waals surface area contributed by atoms with Crippen LogP contribution in [0.3, 0.4) is 0 Å². The van der Waals surface area contributed by atoms with Gasteiger partial charge < -0.3 is 9.30 Å². The second kappa shape index (κ2) is 6.81. The molecule has 1 saturated heterocycles. The van der Waals surface area contributed by atoms with E-state index in [1.165, 1.54) is 10.6 Å². The first-order valence-electron chi connectivity index (χ1n) is 7.98. The molecular formula is C17H18F2N2O4S. The summed E-state index contributed by atoms with van der Waals surface area (Å²) in [6.45, 7) is 1.77. The number of ether oxygens (including phenoxy) is 1. The zero-order valence-corrected chi connectivity index (χ0v) is 15.1. The van der Waals surface area contributed by atoms with Crippen LogP contribution in [-0.2, 0) is 17.1 Å². The van der Waals surface area contributed by atoms with Gasteiger partial charge in [0.15, 0.2) is 4.90 Å². The summed E-state index contributed by atoms with van der Waals surface area (Å²) in [5, 5.41) is 0. The van der Waals surface area contributed by atoms with Gasteiger partial charge in [0.25, 0.3) is 5.56 Å². The van der Waals surface area contributed by atoms with Gasteiger partial charge in [-0.2, -0.15) is 4.31 Å². The van der Waals surface area contributed by atoms with Gasteiger partial charge in [-0.1, -0.05) is 6.07 Å². The van der Waals surface area contributed by atoms with Crippen molar-refractivity contribution >= 4 is 10.0 Å². The maximum atomic E-state index is 13.9. The molecule has 26 heavy (non-hydrogen) atoms. The van der Waals surface area contributed by atoms with Crippen LogP contribution in [0.1, 0.15) is 12.1 Å². The van der Waals surface area contributed by atoms with Crippen LogP contribution in [0.5, 0.6) is 5.75 Å². The third-order valence-corrected chi connectivity index (χ3v) is 6.32. The summed E-state index contributed by atoms with van der Waals surface area (Å²) in [6, 6.07) is 5.92. The molecule has 1 aliphatic heterocycles. The van der Waals surface area contributed by atoms with E-state index in [0.29, 0.717) is 17.9 Å². The minimum absolute atomic E-state index is 0.0512. The molecule has 2 aromatic rings. The third kappa shape index (κ3) is 3.36. The normalized spacial score (nSPS) is 18.2. The Balaban J connectivity index is 1.79. The van der Waals surface area contributed by atoms with E-state index < -0.39 is 32.7 Å². The van der Waals surface area contributed by atoms with Crippen molar-refractivity contribution < 1.29 is 21.9 Å². The fourth-order valence-corrected chi connectivity index (χ4v) is 4.46. The number of sulfonamides is 1. The summed E-state index contributed by atoms with van der Waals surface area (Å²) in [5.41, 5.74) is 0.458. The fourth-order valence-electron chi connectivity index (χ4n) is 2.87. The number of hydrogen-bond acceptors (Lipinski definition) is 4. The molecule has 3 rings (SSSR count). The smallest absolute Gasteiger partial charge is 0.254 e. The van der Waals surface area contributed by atoms with Crippen molar-refractivity contribution in [1.29, 1.82) is 0 Å². The van der Waals surface area contributed by atoms with Gasteiger partial charge in [-0.3, -0.25) is 4.79 Å². The van der Waals surface area contributed by atoms with E-state index in [0.717, 1.165) is 22.5 Å². The van der Waals surface area contributed by atoms with Crippen molar-refractivity contribution in [3.05, 3.63) is 58.0 Å². The predicted molar refractivity (Wildman–Crippen MR) is 90.6 cm³/mol. The molecule has 1 aromatic carbocycles. The molecule has 6 nitrogen and oxygen atoms in total. The van der Waals surface area contributed by atoms with E-state index in [4.69, 9.17) is 4.74 Å². The molecule has 0 radical (unpaired) electrons. The van der Waals surface area contributed by atoms with Crippen molar-refractivity contribution in [1.82, 2.24) is 8.87 Å². The van der Waals surface area contributed by atoms with Crippen LogP contribution in [0.4, 0.5) is 8.78 Å². The number of pyridine rings is 1. The van der Waals surface area contributed by atoms with Crippen LogP contribution < -0.4 is 10.3 Å². The Hall–Kier alpha value is -2.26. The monoisotopic (exact) mass is 384 g/mol. The van der Waals surface area contributed by atoms with E-state index in [1.807, 2.05) is 0 Å². The lowest BCUT2D eigenvalue weighted by Gasteiger charge is -2.18. The molecule has 0 amide bonds. The highest BCUT2D eigenvalue weighted by Crippen LogP contribution is 2.27. The summed E-state index contributed by atoms with van der Waals surface area (Å²) < 4.78 is 61.0. The van der Waals surface area contributed by atoms with Gasteiger partial charge in [-0.15, -0.1) is 0 Å². The molecule has 1 unspecified atom stereocenters. The van der Waals surface area contributed by atoms with Crippen LogP contribution in [0, 0.1) is 18.6 Å². The number of benzene rings is 1. The average molecular weight is 384 g/mol. The van der Waals surface area contributed by atoms with E-state index in [2.05, 4.69) is 0 Å². The molecule has 1 aromatic heterocycles. The molecule has 0 saturated carbocycles. The van der Waals surface area contributed by atoms with E-state index >= 15 is 0 Å². The summed E-state index contributed by atoms with van der Waals surface area (Å²) in [4.78, 5) is 10.9. The topological polar surface area (TPSA) is 68.6 Å². The Bertz CT molecular complexity index is 984. The Labute approximate surface area is 149 Å². The molecule has 0 bridgehead atoms. The lowest BCUT2D eigenvalue weighted by Crippen LogP contribution is -2.32. The standard InChI is InChI=1S/C17H18F2N2O4S/c1-11-8-13(9-16(22)20(11)2)25-12-6-7-21(10-12)26(23,24)17-14(18)4-3-5-15(17)19/h3-5,8-9,12H,6-7,10H2,1-2H3. The second-order valence-corrected chi connectivity index (χ2v) is 8.05. The minimum atomic E-state index is -4.31. The minimum Gasteiger partial charge on any atom is -0.489 e. The summed E-state index contributed by atoms with van der Waals surface area (Å²) in [7, 11) is -2.68. The number of nitrogens with zero attached hydrogens (tertiary/aromatic N) is 2. The van der Waals surface area contributed by atoms with Gasteiger partial charge >= 0.3 is 0 Å². The number of aromatic nitrogens is 1. The zero-order chi connectivity index (χ0) is 19.1. The third-order valence-electron chi connectivity index (χ3n) is 4.40. The Kier molecular flexibility index (Phi) is 4.85. The van der Waals surface area contributed by atoms with Gasteiger partial charge in [-0.05, 0) is 31.5 Å². The number of rotatable bonds is 4. The lowest BCUT2D eigenvalue weighted by molar-refractivity contribution is 0.214. The molecule has 140 valence electrons. The number of aryl methyl sites for hydroxylation is 1. The van der Waals surface area contributed by atoms with Gasteiger partial charge in [-0.25, -0.2) is 17.2 Å². The van der Waals surface area contributed by atoms with Crippen molar-refractivity contribution in [2.45, 2.75) is 24.3 Å². The fraction of sp³-hybridized carbons (Fsp3) is 0.353. The maximum Gasteiger partial charge on any atom is 0.254 e.